The van der Waals surface area contributed by atoms with Crippen LogP contribution in [0.2, 0.25) is 10.0 Å². The lowest BCUT2D eigenvalue weighted by Gasteiger charge is -2.16. The summed E-state index contributed by atoms with van der Waals surface area (Å²) < 4.78 is 1.16. The lowest BCUT2D eigenvalue weighted by atomic mass is 10.1. The molecule has 0 saturated heterocycles. The second-order valence-corrected chi connectivity index (χ2v) is 7.61. The smallest absolute Gasteiger partial charge is 0.342 e. The zero-order valence-electron chi connectivity index (χ0n) is 15.9. The molecule has 0 unspecified atom stereocenters. The van der Waals surface area contributed by atoms with Gasteiger partial charge in [0.05, 0.1) is 23.9 Å². The number of hydrogen-bond donors (Lipinski definition) is 3. The molecule has 1 aromatic carbocycles. The van der Waals surface area contributed by atoms with Crippen molar-refractivity contribution in [3.8, 4) is 11.1 Å². The molecule has 2 aromatic heterocycles. The van der Waals surface area contributed by atoms with Crippen LogP contribution < -0.4 is 10.6 Å². The van der Waals surface area contributed by atoms with Crippen molar-refractivity contribution >= 4 is 35.1 Å². The molecule has 1 amide bonds. The predicted molar refractivity (Wildman–Crippen MR) is 114 cm³/mol. The first-order valence-electron chi connectivity index (χ1n) is 9.01. The quantitative estimate of drug-likeness (QED) is 0.536. The highest BCUT2D eigenvalue weighted by atomic mass is 35.5. The summed E-state index contributed by atoms with van der Waals surface area (Å²) in [6, 6.07) is 7.88. The van der Waals surface area contributed by atoms with Gasteiger partial charge in [-0.25, -0.2) is 9.78 Å². The van der Waals surface area contributed by atoms with E-state index in [4.69, 9.17) is 23.2 Å². The second-order valence-electron chi connectivity index (χ2n) is 6.76. The van der Waals surface area contributed by atoms with E-state index in [1.54, 1.807) is 42.9 Å². The molecule has 9 heteroatoms. The minimum Gasteiger partial charge on any atom is -0.394 e. The molecule has 0 aliphatic carbocycles. The second kappa shape index (κ2) is 9.26. The zero-order chi connectivity index (χ0) is 21.0. The first-order chi connectivity index (χ1) is 13.9. The van der Waals surface area contributed by atoms with Crippen LogP contribution in [-0.2, 0) is 0 Å². The number of aliphatic hydroxyl groups excluding tert-OH is 1. The number of benzene rings is 1. The molecule has 0 saturated carbocycles. The van der Waals surface area contributed by atoms with Crippen LogP contribution in [0.4, 0.5) is 10.6 Å². The lowest BCUT2D eigenvalue weighted by molar-refractivity contribution is 0.216. The number of carbonyl (C=O) groups excluding carboxylic acids is 1. The zero-order valence-corrected chi connectivity index (χ0v) is 17.4. The standard InChI is InChI=1S/C20H21Cl2N5O2/c1-12(2)25-19-7-16(17(22)9-23-19)14-8-24-27(10-14)20(29)26-18(11-28)13-4-3-5-15(21)6-13/h3-10,12,18,28H,11H2,1-2H3,(H,23,25)(H,26,29)/t18-/m1/s1. The van der Waals surface area contributed by atoms with Crippen molar-refractivity contribution in [3.05, 3.63) is 64.5 Å². The topological polar surface area (TPSA) is 92.1 Å². The molecule has 3 aromatic rings. The SMILES string of the molecule is CC(C)Nc1cc(-c2cnn(C(=O)N[C@H](CO)c3cccc(Cl)c3)c2)c(Cl)cn1. The number of hydrogen-bond acceptors (Lipinski definition) is 5. The molecule has 0 radical (unpaired) electrons. The van der Waals surface area contributed by atoms with Gasteiger partial charge in [-0.1, -0.05) is 35.3 Å². The number of halogens is 2. The number of aromatic nitrogens is 3. The summed E-state index contributed by atoms with van der Waals surface area (Å²) in [6.45, 7) is 3.74. The summed E-state index contributed by atoms with van der Waals surface area (Å²) in [5.74, 6) is 0.679. The van der Waals surface area contributed by atoms with Gasteiger partial charge in [-0.15, -0.1) is 0 Å². The predicted octanol–water partition coefficient (Wildman–Crippen LogP) is 4.36. The fraction of sp³-hybridized carbons (Fsp3) is 0.250. The summed E-state index contributed by atoms with van der Waals surface area (Å²) in [4.78, 5) is 16.9. The van der Waals surface area contributed by atoms with Gasteiger partial charge in [-0.3, -0.25) is 0 Å². The van der Waals surface area contributed by atoms with Gasteiger partial charge < -0.3 is 15.7 Å². The van der Waals surface area contributed by atoms with Gasteiger partial charge in [0.15, 0.2) is 0 Å². The fourth-order valence-corrected chi connectivity index (χ4v) is 3.19. The van der Waals surface area contributed by atoms with Crippen molar-refractivity contribution in [1.82, 2.24) is 20.1 Å². The van der Waals surface area contributed by atoms with E-state index in [0.717, 1.165) is 4.68 Å². The monoisotopic (exact) mass is 433 g/mol. The molecule has 3 rings (SSSR count). The third-order valence-corrected chi connectivity index (χ3v) is 4.66. The summed E-state index contributed by atoms with van der Waals surface area (Å²) in [5, 5.41) is 20.7. The largest absolute Gasteiger partial charge is 0.394 e. The lowest BCUT2D eigenvalue weighted by Crippen LogP contribution is -2.34. The summed E-state index contributed by atoms with van der Waals surface area (Å²) in [6.07, 6.45) is 4.68. The number of rotatable bonds is 6. The van der Waals surface area contributed by atoms with E-state index in [-0.39, 0.29) is 12.6 Å². The van der Waals surface area contributed by atoms with Gasteiger partial charge in [-0.05, 0) is 37.6 Å². The summed E-state index contributed by atoms with van der Waals surface area (Å²) in [5.41, 5.74) is 2.07. The van der Waals surface area contributed by atoms with Crippen LogP contribution in [0, 0.1) is 0 Å². The number of nitrogens with one attached hydrogen (secondary N) is 2. The maximum atomic E-state index is 12.6. The van der Waals surface area contributed by atoms with E-state index in [0.29, 0.717) is 32.6 Å². The van der Waals surface area contributed by atoms with Crippen molar-refractivity contribution in [1.29, 1.82) is 0 Å². The first kappa shape index (κ1) is 21.1. The van der Waals surface area contributed by atoms with Crippen molar-refractivity contribution in [2.75, 3.05) is 11.9 Å². The molecular formula is C20H21Cl2N5O2. The van der Waals surface area contributed by atoms with Crippen LogP contribution in [0.1, 0.15) is 25.5 Å². The highest BCUT2D eigenvalue weighted by Gasteiger charge is 2.17. The van der Waals surface area contributed by atoms with Crippen LogP contribution >= 0.6 is 23.2 Å². The molecule has 3 N–H and O–H groups in total. The first-order valence-corrected chi connectivity index (χ1v) is 9.77. The Morgan fingerprint density at radius 2 is 2.03 bits per heavy atom. The number of carbonyl (C=O) groups is 1. The van der Waals surface area contributed by atoms with E-state index in [2.05, 4.69) is 20.7 Å². The van der Waals surface area contributed by atoms with Crippen LogP contribution in [-0.4, -0.2) is 38.6 Å². The minimum absolute atomic E-state index is 0.215. The fourth-order valence-electron chi connectivity index (χ4n) is 2.78. The number of pyridine rings is 1. The van der Waals surface area contributed by atoms with Gasteiger partial charge in [0.2, 0.25) is 0 Å². The highest BCUT2D eigenvalue weighted by molar-refractivity contribution is 6.33. The van der Waals surface area contributed by atoms with E-state index < -0.39 is 12.1 Å². The van der Waals surface area contributed by atoms with E-state index in [1.165, 1.54) is 0 Å². The Labute approximate surface area is 178 Å². The maximum Gasteiger partial charge on any atom is 0.342 e. The van der Waals surface area contributed by atoms with Crippen molar-refractivity contribution in [2.45, 2.75) is 25.9 Å². The molecule has 0 aliphatic heterocycles. The van der Waals surface area contributed by atoms with E-state index >= 15 is 0 Å². The van der Waals surface area contributed by atoms with Gasteiger partial charge in [0, 0.05) is 34.6 Å². The Balaban J connectivity index is 1.79. The van der Waals surface area contributed by atoms with Gasteiger partial charge in [-0.2, -0.15) is 9.78 Å². The normalized spacial score (nSPS) is 12.1. The van der Waals surface area contributed by atoms with Gasteiger partial charge in [0.25, 0.3) is 0 Å². The Hall–Kier alpha value is -2.61. The average Bonchev–Trinajstić information content (AvgIpc) is 3.17. The number of nitrogens with zero attached hydrogens (tertiary/aromatic N) is 3. The van der Waals surface area contributed by atoms with Crippen molar-refractivity contribution in [3.63, 3.8) is 0 Å². The van der Waals surface area contributed by atoms with Gasteiger partial charge in [0.1, 0.15) is 5.82 Å². The molecule has 1 atom stereocenters. The van der Waals surface area contributed by atoms with Crippen molar-refractivity contribution < 1.29 is 9.90 Å². The molecule has 0 aliphatic rings. The molecule has 7 nitrogen and oxygen atoms in total. The van der Waals surface area contributed by atoms with E-state index in [1.807, 2.05) is 19.9 Å². The van der Waals surface area contributed by atoms with Gasteiger partial charge >= 0.3 is 6.03 Å². The van der Waals surface area contributed by atoms with E-state index in [9.17, 15) is 9.90 Å². The number of aliphatic hydroxyl groups is 1. The molecule has 0 fully saturated rings. The molecule has 29 heavy (non-hydrogen) atoms. The van der Waals surface area contributed by atoms with Crippen LogP contribution in [0.5, 0.6) is 0 Å². The number of anilines is 1. The molecular weight excluding hydrogens is 413 g/mol. The summed E-state index contributed by atoms with van der Waals surface area (Å²) >= 11 is 12.3. The van der Waals surface area contributed by atoms with Crippen LogP contribution in [0.25, 0.3) is 11.1 Å². The third-order valence-electron chi connectivity index (χ3n) is 4.12. The Morgan fingerprint density at radius 1 is 1.24 bits per heavy atom. The summed E-state index contributed by atoms with van der Waals surface area (Å²) in [7, 11) is 0. The molecule has 152 valence electrons. The Morgan fingerprint density at radius 3 is 2.72 bits per heavy atom. The number of amides is 1. The maximum absolute atomic E-state index is 12.6. The third kappa shape index (κ3) is 5.26. The average molecular weight is 434 g/mol. The molecule has 2 heterocycles. The van der Waals surface area contributed by atoms with Crippen molar-refractivity contribution in [2.24, 2.45) is 0 Å². The molecule has 0 bridgehead atoms. The Kier molecular flexibility index (Phi) is 6.74. The Bertz CT molecular complexity index is 1010. The minimum atomic E-state index is -0.611. The van der Waals surface area contributed by atoms with Crippen LogP contribution in [0.3, 0.4) is 0 Å². The molecule has 0 spiro atoms. The highest BCUT2D eigenvalue weighted by Crippen LogP contribution is 2.29. The van der Waals surface area contributed by atoms with Crippen LogP contribution in [0.15, 0.2) is 48.9 Å².